The van der Waals surface area contributed by atoms with Crippen LogP contribution in [0.1, 0.15) is 23.5 Å². The van der Waals surface area contributed by atoms with Crippen molar-refractivity contribution in [2.45, 2.75) is 12.3 Å². The van der Waals surface area contributed by atoms with Gasteiger partial charge in [0.25, 0.3) is 0 Å². The molecule has 0 bridgehead atoms. The molecule has 0 aliphatic carbocycles. The topological polar surface area (TPSA) is 32.9 Å². The van der Waals surface area contributed by atoms with E-state index in [1.807, 2.05) is 30.5 Å². The minimum atomic E-state index is -0.266. The number of aromatic nitrogens is 1. The summed E-state index contributed by atoms with van der Waals surface area (Å²) in [5.74, 6) is -0.318. The summed E-state index contributed by atoms with van der Waals surface area (Å²) >= 11 is 0. The summed E-state index contributed by atoms with van der Waals surface area (Å²) in [5.41, 5.74) is 3.06. The third kappa shape index (κ3) is 2.23. The molecule has 1 N–H and O–H groups in total. The van der Waals surface area contributed by atoms with Gasteiger partial charge in [0.1, 0.15) is 12.1 Å². The number of H-pyrrole nitrogens is 1. The van der Waals surface area contributed by atoms with E-state index < -0.39 is 0 Å². The number of rotatable bonds is 4. The Morgan fingerprint density at radius 2 is 1.85 bits per heavy atom. The van der Waals surface area contributed by atoms with Crippen LogP contribution in [0.5, 0.6) is 0 Å². The van der Waals surface area contributed by atoms with Crippen LogP contribution in [0.4, 0.5) is 4.39 Å². The van der Waals surface area contributed by atoms with E-state index in [0.29, 0.717) is 6.42 Å². The minimum Gasteiger partial charge on any atom is -0.361 e. The molecule has 3 aromatic rings. The fraction of sp³-hybridized carbons (Fsp3) is 0.118. The van der Waals surface area contributed by atoms with Crippen LogP contribution in [0.15, 0.2) is 54.7 Å². The van der Waals surface area contributed by atoms with Crippen molar-refractivity contribution in [1.29, 1.82) is 0 Å². The average molecular weight is 267 g/mol. The van der Waals surface area contributed by atoms with Crippen molar-refractivity contribution in [1.82, 2.24) is 4.98 Å². The zero-order valence-electron chi connectivity index (χ0n) is 10.8. The zero-order chi connectivity index (χ0) is 13.9. The van der Waals surface area contributed by atoms with Gasteiger partial charge in [-0.2, -0.15) is 0 Å². The van der Waals surface area contributed by atoms with Crippen molar-refractivity contribution in [2.75, 3.05) is 0 Å². The molecule has 0 spiro atoms. The van der Waals surface area contributed by atoms with Crippen LogP contribution < -0.4 is 0 Å². The summed E-state index contributed by atoms with van der Waals surface area (Å²) in [4.78, 5) is 14.2. The summed E-state index contributed by atoms with van der Waals surface area (Å²) in [6, 6.07) is 14.3. The summed E-state index contributed by atoms with van der Waals surface area (Å²) in [7, 11) is 0. The quantitative estimate of drug-likeness (QED) is 0.711. The van der Waals surface area contributed by atoms with Crippen LogP contribution in [0, 0.1) is 5.82 Å². The number of benzene rings is 2. The van der Waals surface area contributed by atoms with Crippen LogP contribution in [-0.4, -0.2) is 11.3 Å². The number of hydrogen-bond acceptors (Lipinski definition) is 1. The molecule has 0 saturated heterocycles. The summed E-state index contributed by atoms with van der Waals surface area (Å²) in [6.07, 6.45) is 3.23. The SMILES string of the molecule is O=CC[C@@H](c1ccc(F)cc1)c1c[nH]c2ccccc12. The molecule has 100 valence electrons. The number of fused-ring (bicyclic) bond motifs is 1. The van der Waals surface area contributed by atoms with E-state index in [1.165, 1.54) is 12.1 Å². The van der Waals surface area contributed by atoms with Crippen molar-refractivity contribution >= 4 is 17.2 Å². The molecule has 1 heterocycles. The fourth-order valence-electron chi connectivity index (χ4n) is 2.62. The summed E-state index contributed by atoms with van der Waals surface area (Å²) in [5, 5.41) is 1.10. The highest BCUT2D eigenvalue weighted by Crippen LogP contribution is 2.32. The van der Waals surface area contributed by atoms with Gasteiger partial charge in [0.2, 0.25) is 0 Å². The van der Waals surface area contributed by atoms with Crippen LogP contribution in [0.2, 0.25) is 0 Å². The first-order valence-electron chi connectivity index (χ1n) is 6.54. The molecule has 0 radical (unpaired) electrons. The van der Waals surface area contributed by atoms with E-state index in [-0.39, 0.29) is 11.7 Å². The van der Waals surface area contributed by atoms with Gasteiger partial charge in [0.15, 0.2) is 0 Å². The molecule has 0 aliphatic rings. The highest BCUT2D eigenvalue weighted by molar-refractivity contribution is 5.84. The highest BCUT2D eigenvalue weighted by Gasteiger charge is 2.17. The van der Waals surface area contributed by atoms with Gasteiger partial charge in [-0.3, -0.25) is 0 Å². The number of aldehydes is 1. The maximum Gasteiger partial charge on any atom is 0.123 e. The Morgan fingerprint density at radius 1 is 1.10 bits per heavy atom. The number of aromatic amines is 1. The van der Waals surface area contributed by atoms with Gasteiger partial charge in [-0.05, 0) is 29.3 Å². The molecule has 1 atom stereocenters. The molecule has 3 rings (SSSR count). The van der Waals surface area contributed by atoms with E-state index in [1.54, 1.807) is 12.1 Å². The van der Waals surface area contributed by atoms with Gasteiger partial charge >= 0.3 is 0 Å². The molecule has 20 heavy (non-hydrogen) atoms. The van der Waals surface area contributed by atoms with Gasteiger partial charge in [0, 0.05) is 29.4 Å². The normalized spacial score (nSPS) is 12.4. The van der Waals surface area contributed by atoms with Crippen molar-refractivity contribution in [3.8, 4) is 0 Å². The maximum atomic E-state index is 13.1. The number of carbonyl (C=O) groups excluding carboxylic acids is 1. The van der Waals surface area contributed by atoms with E-state index in [4.69, 9.17) is 0 Å². The molecule has 1 aromatic heterocycles. The average Bonchev–Trinajstić information content (AvgIpc) is 2.90. The molecule has 2 aromatic carbocycles. The van der Waals surface area contributed by atoms with Crippen molar-refractivity contribution in [3.05, 3.63) is 71.7 Å². The van der Waals surface area contributed by atoms with E-state index >= 15 is 0 Å². The summed E-state index contributed by atoms with van der Waals surface area (Å²) in [6.45, 7) is 0. The first-order chi connectivity index (χ1) is 9.79. The molecule has 0 fully saturated rings. The maximum absolute atomic E-state index is 13.1. The van der Waals surface area contributed by atoms with Gasteiger partial charge in [-0.1, -0.05) is 30.3 Å². The number of hydrogen-bond donors (Lipinski definition) is 1. The second-order valence-corrected chi connectivity index (χ2v) is 4.80. The Morgan fingerprint density at radius 3 is 2.60 bits per heavy atom. The molecule has 2 nitrogen and oxygen atoms in total. The van der Waals surface area contributed by atoms with Crippen LogP contribution in [0.25, 0.3) is 10.9 Å². The van der Waals surface area contributed by atoms with E-state index in [2.05, 4.69) is 4.98 Å². The lowest BCUT2D eigenvalue weighted by molar-refractivity contribution is -0.108. The Kier molecular flexibility index (Phi) is 3.33. The Bertz CT molecular complexity index is 730. The molecule has 0 amide bonds. The first kappa shape index (κ1) is 12.6. The lowest BCUT2D eigenvalue weighted by Crippen LogP contribution is -2.01. The lowest BCUT2D eigenvalue weighted by Gasteiger charge is -2.14. The molecule has 0 unspecified atom stereocenters. The monoisotopic (exact) mass is 267 g/mol. The van der Waals surface area contributed by atoms with Gasteiger partial charge in [-0.25, -0.2) is 4.39 Å². The van der Waals surface area contributed by atoms with Crippen molar-refractivity contribution in [3.63, 3.8) is 0 Å². The summed E-state index contributed by atoms with van der Waals surface area (Å²) < 4.78 is 13.1. The number of carbonyl (C=O) groups is 1. The van der Waals surface area contributed by atoms with Crippen LogP contribution >= 0.6 is 0 Å². The van der Waals surface area contributed by atoms with E-state index in [9.17, 15) is 9.18 Å². The van der Waals surface area contributed by atoms with Gasteiger partial charge in [-0.15, -0.1) is 0 Å². The fourth-order valence-corrected chi connectivity index (χ4v) is 2.62. The largest absolute Gasteiger partial charge is 0.361 e. The van der Waals surface area contributed by atoms with Crippen molar-refractivity contribution in [2.24, 2.45) is 0 Å². The number of halogens is 1. The van der Waals surface area contributed by atoms with Gasteiger partial charge < -0.3 is 9.78 Å². The van der Waals surface area contributed by atoms with Crippen LogP contribution in [0.3, 0.4) is 0 Å². The Balaban J connectivity index is 2.10. The first-order valence-corrected chi connectivity index (χ1v) is 6.54. The highest BCUT2D eigenvalue weighted by atomic mass is 19.1. The van der Waals surface area contributed by atoms with Crippen LogP contribution in [-0.2, 0) is 4.79 Å². The molecular weight excluding hydrogens is 253 g/mol. The number of para-hydroxylation sites is 1. The Labute approximate surface area is 116 Å². The second kappa shape index (κ2) is 5.29. The van der Waals surface area contributed by atoms with E-state index in [0.717, 1.165) is 28.3 Å². The predicted molar refractivity (Wildman–Crippen MR) is 77.2 cm³/mol. The molecule has 3 heteroatoms. The third-order valence-corrected chi connectivity index (χ3v) is 3.60. The standard InChI is InChI=1S/C17H14FNO/c18-13-7-5-12(6-8-13)14(9-10-20)16-11-19-17-4-2-1-3-15(16)17/h1-8,10-11,14,19H,9H2/t14-/m0/s1. The Hall–Kier alpha value is -2.42. The minimum absolute atomic E-state index is 0.0516. The molecule has 0 aliphatic heterocycles. The zero-order valence-corrected chi connectivity index (χ0v) is 10.8. The number of nitrogens with one attached hydrogen (secondary N) is 1. The lowest BCUT2D eigenvalue weighted by atomic mass is 9.89. The predicted octanol–water partition coefficient (Wildman–Crippen LogP) is 4.03. The molecular formula is C17H14FNO. The second-order valence-electron chi connectivity index (χ2n) is 4.80. The van der Waals surface area contributed by atoms with Crippen molar-refractivity contribution < 1.29 is 9.18 Å². The smallest absolute Gasteiger partial charge is 0.123 e. The molecule has 0 saturated carbocycles. The van der Waals surface area contributed by atoms with Gasteiger partial charge in [0.05, 0.1) is 0 Å². The third-order valence-electron chi connectivity index (χ3n) is 3.60.